The van der Waals surface area contributed by atoms with Crippen molar-refractivity contribution < 1.29 is 14.1 Å². The Morgan fingerprint density at radius 2 is 2.24 bits per heavy atom. The van der Waals surface area contributed by atoms with Gasteiger partial charge in [0.05, 0.1) is 15.4 Å². The molecule has 1 amide bonds. The van der Waals surface area contributed by atoms with Crippen LogP contribution in [0, 0.1) is 15.9 Å². The van der Waals surface area contributed by atoms with E-state index >= 15 is 0 Å². The van der Waals surface area contributed by atoms with Gasteiger partial charge in [-0.05, 0) is 12.5 Å². The van der Waals surface area contributed by atoms with E-state index in [0.29, 0.717) is 13.0 Å². The summed E-state index contributed by atoms with van der Waals surface area (Å²) in [6.45, 7) is 0.354. The number of benzene rings is 1. The van der Waals surface area contributed by atoms with E-state index in [1.807, 2.05) is 0 Å². The molecule has 1 aromatic rings. The van der Waals surface area contributed by atoms with Gasteiger partial charge in [-0.15, -0.1) is 0 Å². The van der Waals surface area contributed by atoms with Crippen LogP contribution in [0.25, 0.3) is 0 Å². The van der Waals surface area contributed by atoms with Gasteiger partial charge < -0.3 is 4.90 Å². The standard InChI is InChI=1S/C10H8BrFN2O3/c11-7-3-4-13(10(7)15)9-5-6(14(16)17)1-2-8(9)12/h1-2,5,7H,3-4H2. The van der Waals surface area contributed by atoms with Gasteiger partial charge in [-0.1, -0.05) is 15.9 Å². The molecule has 1 aliphatic heterocycles. The van der Waals surface area contributed by atoms with Crippen LogP contribution in [0.4, 0.5) is 15.8 Å². The number of nitrogens with zero attached hydrogens (tertiary/aromatic N) is 2. The molecule has 0 radical (unpaired) electrons. The summed E-state index contributed by atoms with van der Waals surface area (Å²) in [5.74, 6) is -0.907. The van der Waals surface area contributed by atoms with E-state index in [4.69, 9.17) is 0 Å². The quantitative estimate of drug-likeness (QED) is 0.478. The Hall–Kier alpha value is -1.50. The fourth-order valence-corrected chi connectivity index (χ4v) is 2.16. The first kappa shape index (κ1) is 12.0. The number of anilines is 1. The van der Waals surface area contributed by atoms with Crippen LogP contribution in [0.3, 0.4) is 0 Å². The summed E-state index contributed by atoms with van der Waals surface area (Å²) in [7, 11) is 0. The van der Waals surface area contributed by atoms with Crippen LogP contribution in [0.2, 0.25) is 0 Å². The lowest BCUT2D eigenvalue weighted by Crippen LogP contribution is -2.27. The fourth-order valence-electron chi connectivity index (χ4n) is 1.71. The van der Waals surface area contributed by atoms with Crippen LogP contribution in [0.1, 0.15) is 6.42 Å². The second kappa shape index (κ2) is 4.40. The summed E-state index contributed by atoms with van der Waals surface area (Å²) in [5.41, 5.74) is -0.265. The molecule has 1 unspecified atom stereocenters. The van der Waals surface area contributed by atoms with Crippen molar-refractivity contribution in [2.24, 2.45) is 0 Å². The molecule has 0 aromatic heterocycles. The molecule has 1 fully saturated rings. The largest absolute Gasteiger partial charge is 0.308 e. The zero-order chi connectivity index (χ0) is 12.6. The lowest BCUT2D eigenvalue weighted by atomic mass is 10.2. The number of alkyl halides is 1. The van der Waals surface area contributed by atoms with Gasteiger partial charge in [0.2, 0.25) is 5.91 Å². The van der Waals surface area contributed by atoms with Gasteiger partial charge >= 0.3 is 0 Å². The van der Waals surface area contributed by atoms with E-state index in [9.17, 15) is 19.3 Å². The van der Waals surface area contributed by atoms with Gasteiger partial charge in [-0.3, -0.25) is 14.9 Å². The lowest BCUT2D eigenvalue weighted by Gasteiger charge is -2.16. The SMILES string of the molecule is O=C1C(Br)CCN1c1cc([N+](=O)[O-])ccc1F. The van der Waals surface area contributed by atoms with Crippen molar-refractivity contribution in [3.8, 4) is 0 Å². The third kappa shape index (κ3) is 2.14. The first-order chi connectivity index (χ1) is 8.00. The minimum Gasteiger partial charge on any atom is -0.308 e. The second-order valence-electron chi connectivity index (χ2n) is 3.64. The number of carbonyl (C=O) groups is 1. The highest BCUT2D eigenvalue weighted by atomic mass is 79.9. The van der Waals surface area contributed by atoms with Crippen LogP contribution in [0.15, 0.2) is 18.2 Å². The monoisotopic (exact) mass is 302 g/mol. The maximum Gasteiger partial charge on any atom is 0.271 e. The molecule has 7 heteroatoms. The summed E-state index contributed by atoms with van der Waals surface area (Å²) < 4.78 is 13.6. The molecule has 0 N–H and O–H groups in total. The molecule has 0 spiro atoms. The number of nitro benzene ring substituents is 1. The molecule has 90 valence electrons. The first-order valence-corrected chi connectivity index (χ1v) is 5.81. The maximum absolute atomic E-state index is 13.6. The van der Waals surface area contributed by atoms with Gasteiger partial charge in [-0.2, -0.15) is 0 Å². The Bertz CT molecular complexity index is 494. The van der Waals surface area contributed by atoms with Crippen LogP contribution in [-0.2, 0) is 4.79 Å². The van der Waals surface area contributed by atoms with Gasteiger partial charge in [0.15, 0.2) is 0 Å². The molecule has 17 heavy (non-hydrogen) atoms. The highest BCUT2D eigenvalue weighted by molar-refractivity contribution is 9.10. The molecule has 2 rings (SSSR count). The Morgan fingerprint density at radius 1 is 1.53 bits per heavy atom. The van der Waals surface area contributed by atoms with E-state index in [-0.39, 0.29) is 22.1 Å². The molecule has 1 heterocycles. The number of carbonyl (C=O) groups excluding carboxylic acids is 1. The highest BCUT2D eigenvalue weighted by Crippen LogP contribution is 2.30. The van der Waals surface area contributed by atoms with Crippen molar-refractivity contribution in [3.05, 3.63) is 34.1 Å². The predicted molar refractivity (Wildman–Crippen MR) is 62.7 cm³/mol. The summed E-state index contributed by atoms with van der Waals surface area (Å²) >= 11 is 3.17. The van der Waals surface area contributed by atoms with E-state index in [1.165, 1.54) is 4.90 Å². The number of hydrogen-bond donors (Lipinski definition) is 0. The van der Waals surface area contributed by atoms with E-state index in [0.717, 1.165) is 18.2 Å². The van der Waals surface area contributed by atoms with Crippen LogP contribution in [-0.4, -0.2) is 22.2 Å². The topological polar surface area (TPSA) is 63.5 Å². The minimum absolute atomic E-state index is 0.0360. The maximum atomic E-state index is 13.6. The van der Waals surface area contributed by atoms with Crippen LogP contribution in [0.5, 0.6) is 0 Å². The van der Waals surface area contributed by atoms with E-state index in [2.05, 4.69) is 15.9 Å². The molecule has 0 aliphatic carbocycles. The van der Waals surface area contributed by atoms with Crippen molar-refractivity contribution in [2.75, 3.05) is 11.4 Å². The Balaban J connectivity index is 2.41. The fraction of sp³-hybridized carbons (Fsp3) is 0.300. The smallest absolute Gasteiger partial charge is 0.271 e. The molecule has 1 aliphatic rings. The van der Waals surface area contributed by atoms with E-state index < -0.39 is 10.7 Å². The van der Waals surface area contributed by atoms with Gasteiger partial charge in [-0.25, -0.2) is 4.39 Å². The zero-order valence-electron chi connectivity index (χ0n) is 8.60. The molecular formula is C10H8BrFN2O3. The average molecular weight is 303 g/mol. The van der Waals surface area contributed by atoms with Crippen molar-refractivity contribution >= 4 is 33.2 Å². The number of hydrogen-bond acceptors (Lipinski definition) is 3. The van der Waals surface area contributed by atoms with Crippen molar-refractivity contribution in [3.63, 3.8) is 0 Å². The lowest BCUT2D eigenvalue weighted by molar-refractivity contribution is -0.384. The summed E-state index contributed by atoms with van der Waals surface area (Å²) in [6, 6.07) is 3.16. The molecule has 1 saturated heterocycles. The summed E-state index contributed by atoms with van der Waals surface area (Å²) in [4.78, 5) is 22.5. The highest BCUT2D eigenvalue weighted by Gasteiger charge is 2.32. The Morgan fingerprint density at radius 3 is 2.76 bits per heavy atom. The molecule has 1 atom stereocenters. The normalized spacial score (nSPS) is 19.8. The predicted octanol–water partition coefficient (Wildman–Crippen LogP) is 2.23. The van der Waals surface area contributed by atoms with Crippen molar-refractivity contribution in [1.29, 1.82) is 0 Å². The van der Waals surface area contributed by atoms with Crippen LogP contribution < -0.4 is 4.90 Å². The number of amides is 1. The Labute approximate surface area is 104 Å². The van der Waals surface area contributed by atoms with Crippen molar-refractivity contribution in [1.82, 2.24) is 0 Å². The third-order valence-corrected chi connectivity index (χ3v) is 3.42. The summed E-state index contributed by atoms with van der Waals surface area (Å²) in [6.07, 6.45) is 0.557. The average Bonchev–Trinajstić information content (AvgIpc) is 2.60. The second-order valence-corrected chi connectivity index (χ2v) is 4.74. The molecule has 0 bridgehead atoms. The summed E-state index contributed by atoms with van der Waals surface area (Å²) in [5, 5.41) is 10.6. The zero-order valence-corrected chi connectivity index (χ0v) is 10.2. The number of nitro groups is 1. The van der Waals surface area contributed by atoms with Gasteiger partial charge in [0.25, 0.3) is 5.69 Å². The number of halogens is 2. The van der Waals surface area contributed by atoms with Crippen molar-refractivity contribution in [2.45, 2.75) is 11.2 Å². The molecule has 1 aromatic carbocycles. The first-order valence-electron chi connectivity index (χ1n) is 4.90. The van der Waals surface area contributed by atoms with E-state index in [1.54, 1.807) is 0 Å². The van der Waals surface area contributed by atoms with Gasteiger partial charge in [0, 0.05) is 18.7 Å². The molecule has 5 nitrogen and oxygen atoms in total. The third-order valence-electron chi connectivity index (χ3n) is 2.57. The van der Waals surface area contributed by atoms with Gasteiger partial charge in [0.1, 0.15) is 5.82 Å². The van der Waals surface area contributed by atoms with Crippen LogP contribution >= 0.6 is 15.9 Å². The molecular weight excluding hydrogens is 295 g/mol. The number of non-ortho nitro benzene ring substituents is 1. The minimum atomic E-state index is -0.634. The Kier molecular flexibility index (Phi) is 3.10. The number of rotatable bonds is 2. The molecule has 0 saturated carbocycles.